The molecule has 0 N–H and O–H groups in total. The van der Waals surface area contributed by atoms with E-state index >= 15 is 0 Å². The Balaban J connectivity index is 1.51. The van der Waals surface area contributed by atoms with Gasteiger partial charge < -0.3 is 9.64 Å². The monoisotopic (exact) mass is 345 g/mol. The molecule has 1 aliphatic heterocycles. The third kappa shape index (κ3) is 4.57. The predicted octanol–water partition coefficient (Wildman–Crippen LogP) is 3.27. The standard InChI is InChI=1S/C20H31N3O2/c1-14(2)17-6-5-15(3)11-18(17)25-13-19(24)23-10-7-16(12-23)20-21-8-4-9-22-20/h4,8-9,14-18H,5-7,10-13H2,1-3H3. The molecule has 0 spiro atoms. The SMILES string of the molecule is CC1CCC(C(C)C)C(OCC(=O)N2CCC(c3ncccn3)C2)C1. The third-order valence-corrected chi connectivity index (χ3v) is 5.87. The lowest BCUT2D eigenvalue weighted by Gasteiger charge is -2.37. The average molecular weight is 345 g/mol. The van der Waals surface area contributed by atoms with Gasteiger partial charge in [0.2, 0.25) is 5.91 Å². The Morgan fingerprint density at radius 2 is 2.04 bits per heavy atom. The Bertz CT molecular complexity index is 563. The van der Waals surface area contributed by atoms with Crippen LogP contribution in [0.5, 0.6) is 0 Å². The fraction of sp³-hybridized carbons (Fsp3) is 0.750. The molecule has 1 aromatic heterocycles. The fourth-order valence-corrected chi connectivity index (χ4v) is 4.29. The van der Waals surface area contributed by atoms with Gasteiger partial charge in [-0.15, -0.1) is 0 Å². The highest BCUT2D eigenvalue weighted by Gasteiger charge is 2.33. The van der Waals surface area contributed by atoms with Gasteiger partial charge in [0.1, 0.15) is 12.4 Å². The maximum Gasteiger partial charge on any atom is 0.248 e. The van der Waals surface area contributed by atoms with Crippen LogP contribution in [-0.4, -0.2) is 46.6 Å². The van der Waals surface area contributed by atoms with Crippen LogP contribution < -0.4 is 0 Å². The molecule has 138 valence electrons. The Labute approximate surface area is 151 Å². The molecule has 0 radical (unpaired) electrons. The predicted molar refractivity (Wildman–Crippen MR) is 97.1 cm³/mol. The Hall–Kier alpha value is -1.49. The Kier molecular flexibility index (Phi) is 6.05. The summed E-state index contributed by atoms with van der Waals surface area (Å²) < 4.78 is 6.12. The van der Waals surface area contributed by atoms with E-state index in [0.29, 0.717) is 24.3 Å². The van der Waals surface area contributed by atoms with Crippen molar-refractivity contribution in [2.75, 3.05) is 19.7 Å². The van der Waals surface area contributed by atoms with Gasteiger partial charge in [0.05, 0.1) is 6.10 Å². The first-order chi connectivity index (χ1) is 12.0. The summed E-state index contributed by atoms with van der Waals surface area (Å²) in [5.41, 5.74) is 0. The highest BCUT2D eigenvalue weighted by molar-refractivity contribution is 5.77. The number of rotatable bonds is 5. The number of hydrogen-bond acceptors (Lipinski definition) is 4. The summed E-state index contributed by atoms with van der Waals surface area (Å²) >= 11 is 0. The highest BCUT2D eigenvalue weighted by atomic mass is 16.5. The zero-order valence-corrected chi connectivity index (χ0v) is 15.7. The first-order valence-electron chi connectivity index (χ1n) is 9.71. The first kappa shape index (κ1) is 18.3. The molecule has 5 nitrogen and oxygen atoms in total. The van der Waals surface area contributed by atoms with Crippen LogP contribution in [0.1, 0.15) is 58.2 Å². The van der Waals surface area contributed by atoms with Gasteiger partial charge in [0.15, 0.2) is 0 Å². The van der Waals surface area contributed by atoms with Crippen molar-refractivity contribution in [3.63, 3.8) is 0 Å². The lowest BCUT2D eigenvalue weighted by molar-refractivity contribution is -0.140. The number of carbonyl (C=O) groups excluding carboxylic acids is 1. The molecule has 2 heterocycles. The molecule has 1 aliphatic carbocycles. The summed E-state index contributed by atoms with van der Waals surface area (Å²) in [5.74, 6) is 3.09. The van der Waals surface area contributed by atoms with Crippen LogP contribution in [-0.2, 0) is 9.53 Å². The van der Waals surface area contributed by atoms with Crippen molar-refractivity contribution in [3.05, 3.63) is 24.3 Å². The Morgan fingerprint density at radius 1 is 1.28 bits per heavy atom. The summed E-state index contributed by atoms with van der Waals surface area (Å²) in [6, 6.07) is 1.82. The van der Waals surface area contributed by atoms with Crippen molar-refractivity contribution in [2.45, 2.75) is 58.5 Å². The second-order valence-electron chi connectivity index (χ2n) is 8.11. The van der Waals surface area contributed by atoms with Gasteiger partial charge >= 0.3 is 0 Å². The minimum absolute atomic E-state index is 0.110. The number of amides is 1. The van der Waals surface area contributed by atoms with E-state index < -0.39 is 0 Å². The molecule has 1 aromatic rings. The molecule has 5 heteroatoms. The molecule has 3 rings (SSSR count). The molecule has 1 saturated heterocycles. The van der Waals surface area contributed by atoms with E-state index in [4.69, 9.17) is 4.74 Å². The van der Waals surface area contributed by atoms with Gasteiger partial charge in [-0.2, -0.15) is 0 Å². The third-order valence-electron chi connectivity index (χ3n) is 5.87. The van der Waals surface area contributed by atoms with E-state index in [2.05, 4.69) is 30.7 Å². The van der Waals surface area contributed by atoms with Crippen molar-refractivity contribution >= 4 is 5.91 Å². The molecule has 25 heavy (non-hydrogen) atoms. The zero-order valence-electron chi connectivity index (χ0n) is 15.7. The Morgan fingerprint density at radius 3 is 2.76 bits per heavy atom. The van der Waals surface area contributed by atoms with Crippen LogP contribution in [0.2, 0.25) is 0 Å². The van der Waals surface area contributed by atoms with E-state index in [-0.39, 0.29) is 24.5 Å². The van der Waals surface area contributed by atoms with Gasteiger partial charge in [-0.1, -0.05) is 27.2 Å². The zero-order chi connectivity index (χ0) is 17.8. The minimum atomic E-state index is 0.110. The van der Waals surface area contributed by atoms with Crippen LogP contribution in [0.15, 0.2) is 18.5 Å². The van der Waals surface area contributed by atoms with Crippen molar-refractivity contribution < 1.29 is 9.53 Å². The largest absolute Gasteiger partial charge is 0.368 e. The van der Waals surface area contributed by atoms with E-state index in [1.54, 1.807) is 12.4 Å². The molecule has 4 atom stereocenters. The minimum Gasteiger partial charge on any atom is -0.368 e. The van der Waals surface area contributed by atoms with Gasteiger partial charge in [-0.05, 0) is 43.1 Å². The lowest BCUT2D eigenvalue weighted by Crippen LogP contribution is -2.38. The van der Waals surface area contributed by atoms with Crippen LogP contribution in [0.4, 0.5) is 0 Å². The van der Waals surface area contributed by atoms with Crippen molar-refractivity contribution in [1.29, 1.82) is 0 Å². The van der Waals surface area contributed by atoms with Gasteiger partial charge in [-0.3, -0.25) is 4.79 Å². The maximum absolute atomic E-state index is 12.6. The molecule has 1 saturated carbocycles. The maximum atomic E-state index is 12.6. The normalized spacial score (nSPS) is 30.0. The fourth-order valence-electron chi connectivity index (χ4n) is 4.29. The molecule has 4 unspecified atom stereocenters. The van der Waals surface area contributed by atoms with Crippen LogP contribution in [0.3, 0.4) is 0 Å². The summed E-state index contributed by atoms with van der Waals surface area (Å²) in [5, 5.41) is 0. The van der Waals surface area contributed by atoms with E-state index in [9.17, 15) is 4.79 Å². The highest BCUT2D eigenvalue weighted by Crippen LogP contribution is 2.35. The van der Waals surface area contributed by atoms with Gasteiger partial charge in [0.25, 0.3) is 0 Å². The van der Waals surface area contributed by atoms with Crippen LogP contribution >= 0.6 is 0 Å². The van der Waals surface area contributed by atoms with Crippen LogP contribution in [0, 0.1) is 17.8 Å². The second kappa shape index (κ2) is 8.26. The van der Waals surface area contributed by atoms with Gasteiger partial charge in [-0.25, -0.2) is 9.97 Å². The second-order valence-corrected chi connectivity index (χ2v) is 8.11. The van der Waals surface area contributed by atoms with Crippen molar-refractivity contribution in [2.24, 2.45) is 17.8 Å². The van der Waals surface area contributed by atoms with Crippen LogP contribution in [0.25, 0.3) is 0 Å². The molecule has 0 bridgehead atoms. The van der Waals surface area contributed by atoms with Crippen molar-refractivity contribution in [3.8, 4) is 0 Å². The smallest absolute Gasteiger partial charge is 0.248 e. The molecule has 0 aromatic carbocycles. The van der Waals surface area contributed by atoms with E-state index in [1.165, 1.54) is 12.8 Å². The molecule has 1 amide bonds. The number of ether oxygens (including phenoxy) is 1. The summed E-state index contributed by atoms with van der Waals surface area (Å²) in [6.07, 6.45) is 8.28. The molecular weight excluding hydrogens is 314 g/mol. The first-order valence-corrected chi connectivity index (χ1v) is 9.71. The topological polar surface area (TPSA) is 55.3 Å². The van der Waals surface area contributed by atoms with Gasteiger partial charge in [0, 0.05) is 31.4 Å². The number of hydrogen-bond donors (Lipinski definition) is 0. The average Bonchev–Trinajstić information content (AvgIpc) is 3.10. The molecule has 2 aliphatic rings. The number of nitrogens with zero attached hydrogens (tertiary/aromatic N) is 3. The number of aromatic nitrogens is 2. The number of carbonyl (C=O) groups is 1. The van der Waals surface area contributed by atoms with E-state index in [0.717, 1.165) is 25.2 Å². The quantitative estimate of drug-likeness (QED) is 0.822. The molecule has 2 fully saturated rings. The summed E-state index contributed by atoms with van der Waals surface area (Å²) in [6.45, 7) is 8.52. The van der Waals surface area contributed by atoms with Crippen molar-refractivity contribution in [1.82, 2.24) is 14.9 Å². The summed E-state index contributed by atoms with van der Waals surface area (Å²) in [4.78, 5) is 23.2. The van der Waals surface area contributed by atoms with E-state index in [1.807, 2.05) is 11.0 Å². The summed E-state index contributed by atoms with van der Waals surface area (Å²) in [7, 11) is 0. The molecular formula is C20H31N3O2. The number of likely N-dealkylation sites (tertiary alicyclic amines) is 1. The lowest BCUT2D eigenvalue weighted by atomic mass is 9.75.